The van der Waals surface area contributed by atoms with Gasteiger partial charge in [-0.25, -0.2) is 4.79 Å². The number of anilines is 1. The molecular formula is C21H25ClF3NO2. The zero-order valence-electron chi connectivity index (χ0n) is 16.1. The molecule has 1 aliphatic carbocycles. The van der Waals surface area contributed by atoms with E-state index in [1.54, 1.807) is 0 Å². The van der Waals surface area contributed by atoms with Crippen LogP contribution in [-0.4, -0.2) is 12.3 Å². The lowest BCUT2D eigenvalue weighted by Crippen LogP contribution is -2.49. The zero-order valence-corrected chi connectivity index (χ0v) is 16.8. The molecule has 0 spiro atoms. The summed E-state index contributed by atoms with van der Waals surface area (Å²) in [4.78, 5) is 11.5. The topological polar surface area (TPSA) is 38.3 Å². The predicted molar refractivity (Wildman–Crippen MR) is 104 cm³/mol. The average Bonchev–Trinajstić information content (AvgIpc) is 3.44. The summed E-state index contributed by atoms with van der Waals surface area (Å²) in [6.45, 7) is 4.49. The first kappa shape index (κ1) is 22.4. The minimum absolute atomic E-state index is 0.00179. The molecule has 0 saturated heterocycles. The Morgan fingerprint density at radius 1 is 1.21 bits per heavy atom. The molecule has 1 amide bonds. The number of ether oxygens (including phenoxy) is 1. The van der Waals surface area contributed by atoms with Gasteiger partial charge in [-0.05, 0) is 37.0 Å². The first-order valence-corrected chi connectivity index (χ1v) is 10.0. The number of carbonyl (C=O) groups is 1. The monoisotopic (exact) mass is 415 g/mol. The van der Waals surface area contributed by atoms with E-state index in [0.717, 1.165) is 18.9 Å². The smallest absolute Gasteiger partial charge is 0.415 e. The van der Waals surface area contributed by atoms with Crippen LogP contribution in [0.2, 0.25) is 5.02 Å². The third-order valence-corrected chi connectivity index (χ3v) is 4.71. The van der Waals surface area contributed by atoms with E-state index in [1.165, 1.54) is 44.2 Å². The summed E-state index contributed by atoms with van der Waals surface area (Å²) in [5, 5.41) is 2.34. The van der Waals surface area contributed by atoms with E-state index in [-0.39, 0.29) is 22.2 Å². The fourth-order valence-corrected chi connectivity index (χ4v) is 2.90. The standard InChI is InChI=1S/C14H9ClF3NO2.C7H16/c15-9-3-4-11-10(7-9)13(14(16,17)18,21-12(20)19-11)6-5-8-1-2-8;1-3-5-7-6-4-2/h3-4,7-8H,1-2H2,(H,19,20);3-7H2,1-2H3/t13-;/m0./s1. The summed E-state index contributed by atoms with van der Waals surface area (Å²) in [6.07, 6.45) is 2.47. The largest absolute Gasteiger partial charge is 0.445 e. The second kappa shape index (κ2) is 9.56. The number of carbonyl (C=O) groups excluding carboxylic acids is 1. The van der Waals surface area contributed by atoms with E-state index in [2.05, 4.69) is 35.7 Å². The normalized spacial score (nSPS) is 20.6. The minimum atomic E-state index is -4.87. The molecule has 1 aromatic carbocycles. The van der Waals surface area contributed by atoms with Crippen molar-refractivity contribution in [1.82, 2.24) is 0 Å². The molecule has 7 heteroatoms. The van der Waals surface area contributed by atoms with Crippen LogP contribution in [0, 0.1) is 17.8 Å². The van der Waals surface area contributed by atoms with Crippen LogP contribution in [0.5, 0.6) is 0 Å². The van der Waals surface area contributed by atoms with Crippen molar-refractivity contribution in [2.75, 3.05) is 5.32 Å². The van der Waals surface area contributed by atoms with Crippen LogP contribution in [0.3, 0.4) is 0 Å². The Bertz CT molecular complexity index is 746. The molecule has 3 rings (SSSR count). The maximum Gasteiger partial charge on any atom is 0.445 e. The van der Waals surface area contributed by atoms with Crippen LogP contribution >= 0.6 is 11.6 Å². The highest BCUT2D eigenvalue weighted by Gasteiger charge is 2.62. The highest BCUT2D eigenvalue weighted by molar-refractivity contribution is 6.30. The summed E-state index contributed by atoms with van der Waals surface area (Å²) < 4.78 is 45.4. The van der Waals surface area contributed by atoms with E-state index in [1.807, 2.05) is 0 Å². The van der Waals surface area contributed by atoms with Crippen molar-refractivity contribution in [2.45, 2.75) is 70.6 Å². The highest BCUT2D eigenvalue weighted by atomic mass is 35.5. The van der Waals surface area contributed by atoms with E-state index >= 15 is 0 Å². The molecule has 0 radical (unpaired) electrons. The maximum atomic E-state index is 13.6. The Labute approximate surface area is 169 Å². The number of rotatable bonds is 4. The van der Waals surface area contributed by atoms with Crippen molar-refractivity contribution in [2.24, 2.45) is 5.92 Å². The Morgan fingerprint density at radius 2 is 1.86 bits per heavy atom. The Kier molecular flexibility index (Phi) is 7.65. The average molecular weight is 416 g/mol. The summed E-state index contributed by atoms with van der Waals surface area (Å²) in [5.74, 6) is 4.60. The zero-order chi connectivity index (χ0) is 20.8. The fraction of sp³-hybridized carbons (Fsp3) is 0.571. The molecule has 1 saturated carbocycles. The first-order valence-electron chi connectivity index (χ1n) is 9.63. The van der Waals surface area contributed by atoms with Crippen molar-refractivity contribution >= 4 is 23.4 Å². The van der Waals surface area contributed by atoms with Crippen molar-refractivity contribution in [3.05, 3.63) is 28.8 Å². The summed E-state index contributed by atoms with van der Waals surface area (Å²) in [5.41, 5.74) is -3.27. The minimum Gasteiger partial charge on any atom is -0.415 e. The van der Waals surface area contributed by atoms with Crippen molar-refractivity contribution in [1.29, 1.82) is 0 Å². The van der Waals surface area contributed by atoms with E-state index in [9.17, 15) is 18.0 Å². The Balaban J connectivity index is 0.000000345. The van der Waals surface area contributed by atoms with Gasteiger partial charge in [-0.2, -0.15) is 13.2 Å². The molecule has 1 fully saturated rings. The van der Waals surface area contributed by atoms with E-state index in [0.29, 0.717) is 0 Å². The van der Waals surface area contributed by atoms with Crippen LogP contribution in [0.25, 0.3) is 0 Å². The van der Waals surface area contributed by atoms with Crippen LogP contribution in [0.1, 0.15) is 64.4 Å². The number of cyclic esters (lactones) is 1. The van der Waals surface area contributed by atoms with Crippen LogP contribution in [-0.2, 0) is 10.3 Å². The number of fused-ring (bicyclic) bond motifs is 1. The number of hydrogen-bond donors (Lipinski definition) is 1. The molecule has 3 nitrogen and oxygen atoms in total. The molecular weight excluding hydrogens is 391 g/mol. The van der Waals surface area contributed by atoms with Gasteiger partial charge in [-0.1, -0.05) is 63.5 Å². The third-order valence-electron chi connectivity index (χ3n) is 4.48. The van der Waals surface area contributed by atoms with Crippen molar-refractivity contribution in [3.8, 4) is 11.8 Å². The number of halogens is 4. The SMILES string of the molecule is CCCCCCC.O=C1Nc2ccc(Cl)cc2[C@@](C#CC2CC2)(C(F)(F)F)O1. The molecule has 1 aliphatic heterocycles. The van der Waals surface area contributed by atoms with Gasteiger partial charge < -0.3 is 4.74 Å². The molecule has 1 N–H and O–H groups in total. The molecule has 28 heavy (non-hydrogen) atoms. The van der Waals surface area contributed by atoms with Gasteiger partial charge in [0.1, 0.15) is 0 Å². The number of benzene rings is 1. The van der Waals surface area contributed by atoms with Gasteiger partial charge in [0.05, 0.1) is 5.69 Å². The van der Waals surface area contributed by atoms with E-state index < -0.39 is 17.9 Å². The maximum absolute atomic E-state index is 13.6. The molecule has 1 atom stereocenters. The Hall–Kier alpha value is -1.87. The number of amides is 1. The predicted octanol–water partition coefficient (Wildman–Crippen LogP) is 7.05. The lowest BCUT2D eigenvalue weighted by Gasteiger charge is -2.35. The molecule has 154 valence electrons. The lowest BCUT2D eigenvalue weighted by atomic mass is 9.90. The summed E-state index contributed by atoms with van der Waals surface area (Å²) in [7, 11) is 0. The molecule has 0 bridgehead atoms. The van der Waals surface area contributed by atoms with Gasteiger partial charge in [-0.15, -0.1) is 0 Å². The summed E-state index contributed by atoms with van der Waals surface area (Å²) in [6, 6.07) is 3.81. The fourth-order valence-electron chi connectivity index (χ4n) is 2.73. The van der Waals surface area contributed by atoms with Gasteiger partial charge in [-0.3, -0.25) is 5.32 Å². The molecule has 2 aliphatic rings. The van der Waals surface area contributed by atoms with Gasteiger partial charge >= 0.3 is 12.3 Å². The van der Waals surface area contributed by atoms with Gasteiger partial charge in [0.15, 0.2) is 0 Å². The van der Waals surface area contributed by atoms with Gasteiger partial charge in [0, 0.05) is 16.5 Å². The van der Waals surface area contributed by atoms with Crippen molar-refractivity contribution < 1.29 is 22.7 Å². The van der Waals surface area contributed by atoms with Gasteiger partial charge in [0.25, 0.3) is 5.60 Å². The summed E-state index contributed by atoms with van der Waals surface area (Å²) >= 11 is 5.78. The van der Waals surface area contributed by atoms with Crippen LogP contribution in [0.4, 0.5) is 23.7 Å². The van der Waals surface area contributed by atoms with Crippen LogP contribution in [0.15, 0.2) is 18.2 Å². The van der Waals surface area contributed by atoms with Gasteiger partial charge in [0.2, 0.25) is 0 Å². The number of nitrogens with one attached hydrogen (secondary N) is 1. The van der Waals surface area contributed by atoms with Crippen LogP contribution < -0.4 is 5.32 Å². The number of unbranched alkanes of at least 4 members (excludes halogenated alkanes) is 4. The second-order valence-corrected chi connectivity index (χ2v) is 7.42. The Morgan fingerprint density at radius 3 is 2.39 bits per heavy atom. The van der Waals surface area contributed by atoms with Crippen molar-refractivity contribution in [3.63, 3.8) is 0 Å². The molecule has 1 aromatic rings. The number of alkyl halides is 3. The molecule has 0 aromatic heterocycles. The lowest BCUT2D eigenvalue weighted by molar-refractivity contribution is -0.239. The third kappa shape index (κ3) is 5.57. The second-order valence-electron chi connectivity index (χ2n) is 6.99. The van der Waals surface area contributed by atoms with E-state index in [4.69, 9.17) is 11.6 Å². The highest BCUT2D eigenvalue weighted by Crippen LogP contribution is 2.48. The molecule has 1 heterocycles. The molecule has 0 unspecified atom stereocenters. The number of hydrogen-bond acceptors (Lipinski definition) is 2. The quantitative estimate of drug-likeness (QED) is 0.422. The first-order chi connectivity index (χ1) is 13.2.